The van der Waals surface area contributed by atoms with Crippen molar-refractivity contribution in [3.63, 3.8) is 0 Å². The third-order valence-electron chi connectivity index (χ3n) is 5.54. The van der Waals surface area contributed by atoms with Crippen molar-refractivity contribution in [2.24, 2.45) is 5.73 Å². The molecule has 1 amide bonds. The summed E-state index contributed by atoms with van der Waals surface area (Å²) in [6.45, 7) is 4.25. The predicted octanol–water partition coefficient (Wildman–Crippen LogP) is 1.49. The number of aromatic nitrogens is 2. The van der Waals surface area contributed by atoms with Crippen molar-refractivity contribution in [1.82, 2.24) is 9.97 Å². The average Bonchev–Trinajstić information content (AvgIpc) is 3.30. The standard InChI is InChI=1S/C21H22N4O3S/c22-19(26)13-4-6-14(7-5-13)28-20-18-15-2-1-3-16(15)29-21(18)24-17(23-20)12-25-8-10-27-11-9-25/h4-7H,1-3,8-12H2,(H2,22,26)/p+1. The number of morpholine rings is 1. The molecule has 0 bridgehead atoms. The fourth-order valence-corrected chi connectivity index (χ4v) is 5.29. The van der Waals surface area contributed by atoms with Crippen LogP contribution in [-0.4, -0.2) is 42.2 Å². The van der Waals surface area contributed by atoms with Gasteiger partial charge in [-0.3, -0.25) is 4.79 Å². The molecule has 8 heteroatoms. The van der Waals surface area contributed by atoms with E-state index in [1.807, 2.05) is 0 Å². The van der Waals surface area contributed by atoms with Crippen LogP contribution in [0.2, 0.25) is 0 Å². The fraction of sp³-hybridized carbons (Fsp3) is 0.381. The van der Waals surface area contributed by atoms with Crippen LogP contribution in [0, 0.1) is 0 Å². The lowest BCUT2D eigenvalue weighted by atomic mass is 10.2. The van der Waals surface area contributed by atoms with Crippen molar-refractivity contribution in [1.29, 1.82) is 0 Å². The lowest BCUT2D eigenvalue weighted by molar-refractivity contribution is -0.922. The van der Waals surface area contributed by atoms with Gasteiger partial charge in [0, 0.05) is 10.4 Å². The Bertz CT molecular complexity index is 1060. The first-order valence-electron chi connectivity index (χ1n) is 9.97. The molecule has 0 unspecified atom stereocenters. The molecule has 2 aromatic heterocycles. The minimum atomic E-state index is -0.451. The number of carbonyl (C=O) groups is 1. The van der Waals surface area contributed by atoms with Crippen molar-refractivity contribution in [3.05, 3.63) is 46.1 Å². The number of aryl methyl sites for hydroxylation is 2. The first-order valence-corrected chi connectivity index (χ1v) is 10.8. The van der Waals surface area contributed by atoms with Gasteiger partial charge in [0.15, 0.2) is 5.82 Å². The van der Waals surface area contributed by atoms with E-state index in [0.717, 1.165) is 61.7 Å². The number of nitrogens with one attached hydrogen (secondary N) is 1. The topological polar surface area (TPSA) is 91.8 Å². The molecule has 0 radical (unpaired) electrons. The molecule has 3 aromatic rings. The number of benzene rings is 1. The van der Waals surface area contributed by atoms with Gasteiger partial charge in [0.2, 0.25) is 11.8 Å². The van der Waals surface area contributed by atoms with Crippen molar-refractivity contribution < 1.29 is 19.2 Å². The highest BCUT2D eigenvalue weighted by atomic mass is 32.1. The maximum absolute atomic E-state index is 11.3. The zero-order valence-corrected chi connectivity index (χ0v) is 16.9. The van der Waals surface area contributed by atoms with Crippen molar-refractivity contribution in [2.75, 3.05) is 26.3 Å². The van der Waals surface area contributed by atoms with E-state index in [2.05, 4.69) is 0 Å². The van der Waals surface area contributed by atoms with E-state index in [1.165, 1.54) is 21.8 Å². The molecule has 29 heavy (non-hydrogen) atoms. The lowest BCUT2D eigenvalue weighted by Crippen LogP contribution is -3.12. The summed E-state index contributed by atoms with van der Waals surface area (Å²) in [6.07, 6.45) is 3.32. The number of rotatable bonds is 5. The summed E-state index contributed by atoms with van der Waals surface area (Å²) in [5.74, 6) is 1.60. The molecule has 150 valence electrons. The van der Waals surface area contributed by atoms with Gasteiger partial charge in [-0.25, -0.2) is 4.98 Å². The van der Waals surface area contributed by atoms with Gasteiger partial charge in [-0.15, -0.1) is 11.3 Å². The maximum atomic E-state index is 11.3. The second-order valence-corrected chi connectivity index (χ2v) is 8.60. The van der Waals surface area contributed by atoms with Crippen LogP contribution in [0.15, 0.2) is 24.3 Å². The zero-order valence-electron chi connectivity index (χ0n) is 16.1. The van der Waals surface area contributed by atoms with Gasteiger partial charge < -0.3 is 20.1 Å². The molecular weight excluding hydrogens is 388 g/mol. The van der Waals surface area contributed by atoms with Crippen LogP contribution >= 0.6 is 11.3 Å². The zero-order chi connectivity index (χ0) is 19.8. The van der Waals surface area contributed by atoms with Crippen molar-refractivity contribution in [2.45, 2.75) is 25.8 Å². The summed E-state index contributed by atoms with van der Waals surface area (Å²) in [4.78, 5) is 24.9. The molecule has 5 rings (SSSR count). The molecule has 1 aromatic carbocycles. The Morgan fingerprint density at radius 2 is 1.97 bits per heavy atom. The van der Waals surface area contributed by atoms with E-state index in [9.17, 15) is 4.79 Å². The molecule has 1 aliphatic carbocycles. The number of quaternary nitrogens is 1. The van der Waals surface area contributed by atoms with E-state index in [4.69, 9.17) is 25.2 Å². The maximum Gasteiger partial charge on any atom is 0.248 e. The fourth-order valence-electron chi connectivity index (χ4n) is 4.02. The third kappa shape index (κ3) is 3.71. The Labute approximate surface area is 172 Å². The number of nitrogens with two attached hydrogens (primary N) is 1. The molecule has 0 atom stereocenters. The van der Waals surface area contributed by atoms with Gasteiger partial charge in [0.05, 0.1) is 18.6 Å². The van der Waals surface area contributed by atoms with Crippen LogP contribution in [0.4, 0.5) is 0 Å². The highest BCUT2D eigenvalue weighted by molar-refractivity contribution is 7.19. The van der Waals surface area contributed by atoms with Crippen LogP contribution in [-0.2, 0) is 24.1 Å². The molecule has 2 aliphatic rings. The highest BCUT2D eigenvalue weighted by Crippen LogP contribution is 2.41. The Morgan fingerprint density at radius 3 is 2.72 bits per heavy atom. The smallest absolute Gasteiger partial charge is 0.248 e. The molecule has 3 N–H and O–H groups in total. The molecule has 0 spiro atoms. The van der Waals surface area contributed by atoms with Gasteiger partial charge >= 0.3 is 0 Å². The number of ether oxygens (including phenoxy) is 2. The van der Waals surface area contributed by atoms with Crippen LogP contribution in [0.3, 0.4) is 0 Å². The van der Waals surface area contributed by atoms with E-state index in [1.54, 1.807) is 35.6 Å². The number of nitrogens with zero attached hydrogens (tertiary/aromatic N) is 2. The minimum absolute atomic E-state index is 0.451. The van der Waals surface area contributed by atoms with Crippen LogP contribution < -0.4 is 15.4 Å². The number of primary amides is 1. The number of hydrogen-bond acceptors (Lipinski definition) is 6. The molecule has 1 aliphatic heterocycles. The first-order chi connectivity index (χ1) is 14.2. The van der Waals surface area contributed by atoms with Gasteiger partial charge in [0.1, 0.15) is 30.2 Å². The van der Waals surface area contributed by atoms with E-state index in [-0.39, 0.29) is 0 Å². The Kier molecular flexibility index (Phi) is 4.91. The second-order valence-electron chi connectivity index (χ2n) is 7.51. The van der Waals surface area contributed by atoms with Gasteiger partial charge in [-0.2, -0.15) is 4.98 Å². The molecule has 3 heterocycles. The first kappa shape index (κ1) is 18.5. The molecular formula is C21H23N4O3S+. The lowest BCUT2D eigenvalue weighted by Gasteiger charge is -2.23. The SMILES string of the molecule is NC(=O)c1ccc(Oc2nc(C[NH+]3CCOCC3)nc3sc4c(c23)CCC4)cc1. The van der Waals surface area contributed by atoms with Crippen LogP contribution in [0.5, 0.6) is 11.6 Å². The summed E-state index contributed by atoms with van der Waals surface area (Å²) < 4.78 is 11.7. The molecule has 0 saturated carbocycles. The predicted molar refractivity (Wildman–Crippen MR) is 110 cm³/mol. The van der Waals surface area contributed by atoms with Crippen LogP contribution in [0.1, 0.15) is 33.0 Å². The number of fused-ring (bicyclic) bond motifs is 3. The number of thiophene rings is 1. The van der Waals surface area contributed by atoms with Gasteiger partial charge in [-0.05, 0) is 49.1 Å². The van der Waals surface area contributed by atoms with Gasteiger partial charge in [0.25, 0.3) is 0 Å². The normalized spacial score (nSPS) is 16.8. The average molecular weight is 412 g/mol. The summed E-state index contributed by atoms with van der Waals surface area (Å²) in [5.41, 5.74) is 7.13. The third-order valence-corrected chi connectivity index (χ3v) is 6.72. The van der Waals surface area contributed by atoms with E-state index in [0.29, 0.717) is 17.2 Å². The van der Waals surface area contributed by atoms with Crippen LogP contribution in [0.25, 0.3) is 10.2 Å². The largest absolute Gasteiger partial charge is 0.438 e. The molecule has 1 saturated heterocycles. The Balaban J connectivity index is 1.51. The number of amides is 1. The monoisotopic (exact) mass is 411 g/mol. The minimum Gasteiger partial charge on any atom is -0.438 e. The summed E-state index contributed by atoms with van der Waals surface area (Å²) in [6, 6.07) is 6.86. The van der Waals surface area contributed by atoms with Crippen molar-refractivity contribution >= 4 is 27.5 Å². The number of hydrogen-bond donors (Lipinski definition) is 2. The summed E-state index contributed by atoms with van der Waals surface area (Å²) in [7, 11) is 0. The van der Waals surface area contributed by atoms with E-state index < -0.39 is 5.91 Å². The Hall–Kier alpha value is -2.55. The Morgan fingerprint density at radius 1 is 1.17 bits per heavy atom. The molecule has 1 fully saturated rings. The second kappa shape index (κ2) is 7.70. The summed E-state index contributed by atoms with van der Waals surface area (Å²) in [5, 5.41) is 1.04. The molecule has 7 nitrogen and oxygen atoms in total. The number of carbonyl (C=O) groups excluding carboxylic acids is 1. The van der Waals surface area contributed by atoms with Gasteiger partial charge in [-0.1, -0.05) is 0 Å². The van der Waals surface area contributed by atoms with E-state index >= 15 is 0 Å². The highest BCUT2D eigenvalue weighted by Gasteiger charge is 2.25. The summed E-state index contributed by atoms with van der Waals surface area (Å²) >= 11 is 1.77. The quantitative estimate of drug-likeness (QED) is 0.664. The van der Waals surface area contributed by atoms with Crippen molar-refractivity contribution in [3.8, 4) is 11.6 Å².